The van der Waals surface area contributed by atoms with E-state index in [9.17, 15) is 9.59 Å². The Balaban J connectivity index is 1.93. The maximum absolute atomic E-state index is 12.8. The van der Waals surface area contributed by atoms with Gasteiger partial charge in [0.15, 0.2) is 0 Å². The normalized spacial score (nSPS) is 17.5. The van der Waals surface area contributed by atoms with Crippen molar-refractivity contribution in [1.82, 2.24) is 15.5 Å². The van der Waals surface area contributed by atoms with Gasteiger partial charge in [-0.25, -0.2) is 0 Å². The Bertz CT molecular complexity index is 632. The van der Waals surface area contributed by atoms with E-state index in [0.29, 0.717) is 6.42 Å². The molecule has 1 heterocycles. The molecule has 5 nitrogen and oxygen atoms in total. The Morgan fingerprint density at radius 2 is 1.67 bits per heavy atom. The molecule has 0 aromatic heterocycles. The van der Waals surface area contributed by atoms with Crippen LogP contribution >= 0.6 is 0 Å². The second kappa shape index (κ2) is 10.5. The quantitative estimate of drug-likeness (QED) is 0.699. The minimum atomic E-state index is -0.457. The zero-order valence-corrected chi connectivity index (χ0v) is 17.3. The predicted octanol–water partition coefficient (Wildman–Crippen LogP) is 3.23. The monoisotopic (exact) mass is 373 g/mol. The smallest absolute Gasteiger partial charge is 0.243 e. The lowest BCUT2D eigenvalue weighted by atomic mass is 9.99. The van der Waals surface area contributed by atoms with Gasteiger partial charge in [-0.3, -0.25) is 14.5 Å². The highest BCUT2D eigenvalue weighted by Crippen LogP contribution is 2.19. The third-order valence-corrected chi connectivity index (χ3v) is 5.44. The first kappa shape index (κ1) is 21.4. The summed E-state index contributed by atoms with van der Waals surface area (Å²) in [6.45, 7) is 9.82. The van der Waals surface area contributed by atoms with E-state index in [2.05, 4.69) is 46.7 Å². The van der Waals surface area contributed by atoms with Gasteiger partial charge in [0.2, 0.25) is 11.8 Å². The molecule has 0 spiro atoms. The Labute approximate surface area is 163 Å². The topological polar surface area (TPSA) is 61.4 Å². The highest BCUT2D eigenvalue weighted by Gasteiger charge is 2.26. The van der Waals surface area contributed by atoms with Gasteiger partial charge in [0.1, 0.15) is 6.04 Å². The number of fused-ring (bicyclic) bond motifs is 1. The summed E-state index contributed by atoms with van der Waals surface area (Å²) in [4.78, 5) is 27.4. The Morgan fingerprint density at radius 3 is 2.33 bits per heavy atom. The summed E-state index contributed by atoms with van der Waals surface area (Å²) in [6.07, 6.45) is 4.26. The van der Waals surface area contributed by atoms with Crippen molar-refractivity contribution in [3.05, 3.63) is 35.4 Å². The number of carbonyl (C=O) groups is 2. The molecule has 27 heavy (non-hydrogen) atoms. The van der Waals surface area contributed by atoms with E-state index in [1.54, 1.807) is 0 Å². The lowest BCUT2D eigenvalue weighted by molar-refractivity contribution is -0.132. The van der Waals surface area contributed by atoms with Crippen LogP contribution in [0.25, 0.3) is 0 Å². The lowest BCUT2D eigenvalue weighted by Gasteiger charge is -2.34. The number of amides is 2. The molecule has 1 aliphatic heterocycles. The van der Waals surface area contributed by atoms with Crippen molar-refractivity contribution in [2.24, 2.45) is 5.92 Å². The standard InChI is InChI=1S/C22H35N3O2/c1-5-9-16(3)21(26)24-20(10-6-2)22(27)23-17(4)25-14-13-18-11-7-8-12-19(18)15-25/h7-8,11-12,16-17,20H,5-6,9-10,13-15H2,1-4H3,(H,23,27)(H,24,26). The summed E-state index contributed by atoms with van der Waals surface area (Å²) >= 11 is 0. The molecule has 0 saturated carbocycles. The Kier molecular flexibility index (Phi) is 8.29. The van der Waals surface area contributed by atoms with Crippen LogP contribution in [0, 0.1) is 5.92 Å². The van der Waals surface area contributed by atoms with Crippen molar-refractivity contribution in [3.8, 4) is 0 Å². The van der Waals surface area contributed by atoms with Crippen molar-refractivity contribution in [2.45, 2.75) is 78.6 Å². The van der Waals surface area contributed by atoms with Gasteiger partial charge in [-0.05, 0) is 37.3 Å². The molecule has 5 heteroatoms. The SMILES string of the molecule is CCCC(C)C(=O)NC(CCC)C(=O)NC(C)N1CCc2ccccc2C1. The number of hydrogen-bond acceptors (Lipinski definition) is 3. The second-order valence-electron chi connectivity index (χ2n) is 7.71. The molecule has 1 aliphatic rings. The predicted molar refractivity (Wildman–Crippen MR) is 109 cm³/mol. The van der Waals surface area contributed by atoms with E-state index in [1.807, 2.05) is 20.8 Å². The van der Waals surface area contributed by atoms with Gasteiger partial charge in [0.25, 0.3) is 0 Å². The summed E-state index contributed by atoms with van der Waals surface area (Å²) in [5.41, 5.74) is 2.73. The van der Waals surface area contributed by atoms with Crippen LogP contribution in [0.15, 0.2) is 24.3 Å². The summed E-state index contributed by atoms with van der Waals surface area (Å²) in [5, 5.41) is 6.07. The first-order valence-corrected chi connectivity index (χ1v) is 10.4. The van der Waals surface area contributed by atoms with E-state index in [1.165, 1.54) is 11.1 Å². The van der Waals surface area contributed by atoms with Crippen LogP contribution in [-0.4, -0.2) is 35.5 Å². The number of benzene rings is 1. The van der Waals surface area contributed by atoms with E-state index in [-0.39, 0.29) is 23.9 Å². The van der Waals surface area contributed by atoms with Gasteiger partial charge in [0, 0.05) is 19.0 Å². The number of nitrogens with zero attached hydrogens (tertiary/aromatic N) is 1. The third-order valence-electron chi connectivity index (χ3n) is 5.44. The van der Waals surface area contributed by atoms with Crippen molar-refractivity contribution in [3.63, 3.8) is 0 Å². The molecule has 3 atom stereocenters. The molecule has 0 saturated heterocycles. The second-order valence-corrected chi connectivity index (χ2v) is 7.71. The molecule has 1 aromatic rings. The largest absolute Gasteiger partial charge is 0.344 e. The van der Waals surface area contributed by atoms with Gasteiger partial charge in [-0.1, -0.05) is 57.9 Å². The van der Waals surface area contributed by atoms with E-state index < -0.39 is 6.04 Å². The van der Waals surface area contributed by atoms with Crippen molar-refractivity contribution >= 4 is 11.8 Å². The fraction of sp³-hybridized carbons (Fsp3) is 0.636. The summed E-state index contributed by atoms with van der Waals surface area (Å²) in [6, 6.07) is 8.03. The van der Waals surface area contributed by atoms with E-state index in [4.69, 9.17) is 0 Å². The highest BCUT2D eigenvalue weighted by molar-refractivity contribution is 5.88. The van der Waals surface area contributed by atoms with Gasteiger partial charge >= 0.3 is 0 Å². The highest BCUT2D eigenvalue weighted by atomic mass is 16.2. The third kappa shape index (κ3) is 6.06. The minimum absolute atomic E-state index is 0.0231. The van der Waals surface area contributed by atoms with Crippen LogP contribution < -0.4 is 10.6 Å². The van der Waals surface area contributed by atoms with Crippen LogP contribution in [0.4, 0.5) is 0 Å². The zero-order valence-electron chi connectivity index (χ0n) is 17.3. The molecule has 1 aromatic carbocycles. The fourth-order valence-electron chi connectivity index (χ4n) is 3.68. The van der Waals surface area contributed by atoms with Gasteiger partial charge in [-0.15, -0.1) is 0 Å². The summed E-state index contributed by atoms with van der Waals surface area (Å²) in [7, 11) is 0. The minimum Gasteiger partial charge on any atom is -0.344 e. The molecule has 2 amide bonds. The van der Waals surface area contributed by atoms with Crippen LogP contribution in [0.5, 0.6) is 0 Å². The summed E-state index contributed by atoms with van der Waals surface area (Å²) in [5.74, 6) is -0.163. The molecular formula is C22H35N3O2. The molecule has 0 radical (unpaired) electrons. The van der Waals surface area contributed by atoms with Gasteiger partial charge < -0.3 is 10.6 Å². The maximum atomic E-state index is 12.8. The first-order valence-electron chi connectivity index (χ1n) is 10.4. The molecule has 0 aliphatic carbocycles. The molecule has 3 unspecified atom stereocenters. The zero-order chi connectivity index (χ0) is 19.8. The van der Waals surface area contributed by atoms with Crippen LogP contribution in [-0.2, 0) is 22.6 Å². The Morgan fingerprint density at radius 1 is 1.00 bits per heavy atom. The van der Waals surface area contributed by atoms with E-state index >= 15 is 0 Å². The van der Waals surface area contributed by atoms with Gasteiger partial charge in [-0.2, -0.15) is 0 Å². The van der Waals surface area contributed by atoms with Gasteiger partial charge in [0.05, 0.1) is 6.17 Å². The first-order chi connectivity index (χ1) is 13.0. The van der Waals surface area contributed by atoms with Crippen LogP contribution in [0.3, 0.4) is 0 Å². The molecule has 2 N–H and O–H groups in total. The molecule has 0 fully saturated rings. The summed E-state index contributed by atoms with van der Waals surface area (Å²) < 4.78 is 0. The molecule has 150 valence electrons. The Hall–Kier alpha value is -1.88. The number of nitrogens with one attached hydrogen (secondary N) is 2. The lowest BCUT2D eigenvalue weighted by Crippen LogP contribution is -2.54. The van der Waals surface area contributed by atoms with Crippen molar-refractivity contribution in [2.75, 3.05) is 6.54 Å². The average molecular weight is 374 g/mol. The van der Waals surface area contributed by atoms with E-state index in [0.717, 1.165) is 38.8 Å². The number of carbonyl (C=O) groups excluding carboxylic acids is 2. The molecule has 2 rings (SSSR count). The number of rotatable bonds is 9. The molecular weight excluding hydrogens is 338 g/mol. The average Bonchev–Trinajstić information content (AvgIpc) is 2.67. The maximum Gasteiger partial charge on any atom is 0.243 e. The number of hydrogen-bond donors (Lipinski definition) is 2. The molecule has 0 bridgehead atoms. The fourth-order valence-corrected chi connectivity index (χ4v) is 3.68. The van der Waals surface area contributed by atoms with Crippen LogP contribution in [0.1, 0.15) is 64.5 Å². The van der Waals surface area contributed by atoms with Crippen molar-refractivity contribution < 1.29 is 9.59 Å². The van der Waals surface area contributed by atoms with Crippen molar-refractivity contribution in [1.29, 1.82) is 0 Å². The van der Waals surface area contributed by atoms with Crippen LogP contribution in [0.2, 0.25) is 0 Å².